The summed E-state index contributed by atoms with van der Waals surface area (Å²) in [5.74, 6) is 0. The van der Waals surface area contributed by atoms with Crippen molar-refractivity contribution in [1.82, 2.24) is 9.38 Å². The van der Waals surface area contributed by atoms with Crippen molar-refractivity contribution in [3.63, 3.8) is 0 Å². The summed E-state index contributed by atoms with van der Waals surface area (Å²) in [5, 5.41) is 2.37. The predicted molar refractivity (Wildman–Crippen MR) is 176 cm³/mol. The molecule has 6 aromatic carbocycles. The summed E-state index contributed by atoms with van der Waals surface area (Å²) in [6, 6.07) is 55.6. The van der Waals surface area contributed by atoms with Gasteiger partial charge in [0, 0.05) is 34.2 Å². The van der Waals surface area contributed by atoms with Crippen LogP contribution in [0, 0.1) is 0 Å². The maximum Gasteiger partial charge on any atom is 0.145 e. The SMILES string of the molecule is c1ccc(-c2cn3c4cc(-c5ccc(N(c6ccccc6)c6ccccc6)cc5)ccc4nc3c3ccccc23)cc1. The third-order valence-electron chi connectivity index (χ3n) is 7.98. The van der Waals surface area contributed by atoms with E-state index in [0.29, 0.717) is 0 Å². The number of imidazole rings is 1. The van der Waals surface area contributed by atoms with Gasteiger partial charge in [0.1, 0.15) is 5.65 Å². The zero-order valence-electron chi connectivity index (χ0n) is 22.9. The number of rotatable bonds is 5. The molecular weight excluding hydrogens is 510 g/mol. The Hall–Kier alpha value is -5.67. The van der Waals surface area contributed by atoms with E-state index in [-0.39, 0.29) is 0 Å². The molecule has 0 bridgehead atoms. The van der Waals surface area contributed by atoms with Crippen molar-refractivity contribution in [3.05, 3.63) is 164 Å². The van der Waals surface area contributed by atoms with E-state index in [9.17, 15) is 0 Å². The van der Waals surface area contributed by atoms with Crippen LogP contribution in [0.5, 0.6) is 0 Å². The average molecular weight is 538 g/mol. The van der Waals surface area contributed by atoms with E-state index >= 15 is 0 Å². The lowest BCUT2D eigenvalue weighted by molar-refractivity contribution is 1.25. The number of pyridine rings is 1. The first-order chi connectivity index (χ1) is 20.8. The van der Waals surface area contributed by atoms with Gasteiger partial charge in [0.05, 0.1) is 11.0 Å². The molecular formula is C39H27N3. The monoisotopic (exact) mass is 537 g/mol. The Morgan fingerprint density at radius 2 is 1.00 bits per heavy atom. The molecule has 3 heteroatoms. The summed E-state index contributed by atoms with van der Waals surface area (Å²) in [5.41, 5.74) is 11.2. The van der Waals surface area contributed by atoms with Gasteiger partial charge in [-0.3, -0.25) is 4.40 Å². The molecule has 0 amide bonds. The summed E-state index contributed by atoms with van der Waals surface area (Å²) < 4.78 is 2.25. The van der Waals surface area contributed by atoms with Gasteiger partial charge in [0.25, 0.3) is 0 Å². The lowest BCUT2D eigenvalue weighted by Crippen LogP contribution is -2.09. The number of aromatic nitrogens is 2. The molecule has 0 N–H and O–H groups in total. The average Bonchev–Trinajstić information content (AvgIpc) is 3.44. The van der Waals surface area contributed by atoms with Crippen LogP contribution < -0.4 is 4.90 Å². The van der Waals surface area contributed by atoms with Crippen LogP contribution in [0.15, 0.2) is 164 Å². The third-order valence-corrected chi connectivity index (χ3v) is 7.98. The molecule has 198 valence electrons. The molecule has 0 saturated heterocycles. The highest BCUT2D eigenvalue weighted by Gasteiger charge is 2.15. The van der Waals surface area contributed by atoms with Gasteiger partial charge in [-0.25, -0.2) is 4.98 Å². The van der Waals surface area contributed by atoms with Crippen LogP contribution >= 0.6 is 0 Å². The van der Waals surface area contributed by atoms with Crippen molar-refractivity contribution in [1.29, 1.82) is 0 Å². The third kappa shape index (κ3) is 4.11. The number of benzene rings is 6. The molecule has 0 aliphatic heterocycles. The van der Waals surface area contributed by atoms with E-state index in [4.69, 9.17) is 4.98 Å². The highest BCUT2D eigenvalue weighted by Crippen LogP contribution is 2.37. The topological polar surface area (TPSA) is 20.5 Å². The fourth-order valence-corrected chi connectivity index (χ4v) is 5.96. The lowest BCUT2D eigenvalue weighted by Gasteiger charge is -2.25. The summed E-state index contributed by atoms with van der Waals surface area (Å²) >= 11 is 0. The van der Waals surface area contributed by atoms with Crippen LogP contribution in [0.3, 0.4) is 0 Å². The second-order valence-corrected chi connectivity index (χ2v) is 10.5. The van der Waals surface area contributed by atoms with E-state index < -0.39 is 0 Å². The molecule has 2 heterocycles. The van der Waals surface area contributed by atoms with Crippen LogP contribution in [-0.4, -0.2) is 9.38 Å². The normalized spacial score (nSPS) is 11.3. The molecule has 0 unspecified atom stereocenters. The highest BCUT2D eigenvalue weighted by molar-refractivity contribution is 6.05. The van der Waals surface area contributed by atoms with E-state index in [2.05, 4.69) is 173 Å². The van der Waals surface area contributed by atoms with E-state index in [1.165, 1.54) is 22.1 Å². The molecule has 3 nitrogen and oxygen atoms in total. The Bertz CT molecular complexity index is 2130. The van der Waals surface area contributed by atoms with Crippen LogP contribution in [0.4, 0.5) is 17.1 Å². The minimum atomic E-state index is 0.981. The summed E-state index contributed by atoms with van der Waals surface area (Å²) in [4.78, 5) is 7.36. The van der Waals surface area contributed by atoms with Gasteiger partial charge < -0.3 is 4.90 Å². The molecule has 0 radical (unpaired) electrons. The number of anilines is 3. The minimum absolute atomic E-state index is 0.981. The maximum absolute atomic E-state index is 5.07. The summed E-state index contributed by atoms with van der Waals surface area (Å²) in [6.45, 7) is 0. The molecule has 8 aromatic rings. The van der Waals surface area contributed by atoms with Crippen molar-refractivity contribution in [3.8, 4) is 22.3 Å². The molecule has 0 saturated carbocycles. The van der Waals surface area contributed by atoms with Gasteiger partial charge in [-0.2, -0.15) is 0 Å². The van der Waals surface area contributed by atoms with Crippen LogP contribution in [0.2, 0.25) is 0 Å². The van der Waals surface area contributed by atoms with Gasteiger partial charge in [0.2, 0.25) is 0 Å². The molecule has 0 aliphatic rings. The van der Waals surface area contributed by atoms with Gasteiger partial charge in [0.15, 0.2) is 0 Å². The zero-order valence-corrected chi connectivity index (χ0v) is 22.9. The van der Waals surface area contributed by atoms with Crippen molar-refractivity contribution in [2.45, 2.75) is 0 Å². The first-order valence-corrected chi connectivity index (χ1v) is 14.2. The molecule has 8 rings (SSSR count). The Labute approximate surface area is 244 Å². The molecule has 42 heavy (non-hydrogen) atoms. The van der Waals surface area contributed by atoms with Gasteiger partial charge in [-0.15, -0.1) is 0 Å². The smallest absolute Gasteiger partial charge is 0.145 e. The largest absolute Gasteiger partial charge is 0.311 e. The maximum atomic E-state index is 5.07. The van der Waals surface area contributed by atoms with Crippen LogP contribution in [0.25, 0.3) is 49.7 Å². The molecule has 0 aliphatic carbocycles. The number of hydrogen-bond acceptors (Lipinski definition) is 2. The fourth-order valence-electron chi connectivity index (χ4n) is 5.96. The Morgan fingerprint density at radius 3 is 1.67 bits per heavy atom. The first kappa shape index (κ1) is 24.2. The standard InChI is InChI=1S/C39H27N3/c1-4-12-29(13-5-1)36-27-41-38-26-30(22-25-37(38)40-39(41)35-19-11-10-18-34(35)36)28-20-23-33(24-21-28)42(31-14-6-2-7-15-31)32-16-8-3-9-17-32/h1-27H. The minimum Gasteiger partial charge on any atom is -0.311 e. The van der Waals surface area contributed by atoms with Crippen molar-refractivity contribution < 1.29 is 0 Å². The van der Waals surface area contributed by atoms with E-state index in [1.807, 2.05) is 0 Å². The fraction of sp³-hybridized carbons (Fsp3) is 0. The Kier molecular flexibility index (Phi) is 5.79. The first-order valence-electron chi connectivity index (χ1n) is 14.2. The van der Waals surface area contributed by atoms with Gasteiger partial charge in [-0.1, -0.05) is 109 Å². The summed E-state index contributed by atoms with van der Waals surface area (Å²) in [7, 11) is 0. The van der Waals surface area contributed by atoms with Crippen molar-refractivity contribution in [2.24, 2.45) is 0 Å². The van der Waals surface area contributed by atoms with Crippen molar-refractivity contribution in [2.75, 3.05) is 4.90 Å². The second kappa shape index (κ2) is 10.1. The van der Waals surface area contributed by atoms with E-state index in [1.54, 1.807) is 0 Å². The predicted octanol–water partition coefficient (Wildman–Crippen LogP) is 10.4. The van der Waals surface area contributed by atoms with E-state index in [0.717, 1.165) is 44.7 Å². The number of fused-ring (bicyclic) bond motifs is 5. The van der Waals surface area contributed by atoms with Crippen molar-refractivity contribution >= 4 is 44.5 Å². The second-order valence-electron chi connectivity index (χ2n) is 10.5. The Morgan fingerprint density at radius 1 is 0.452 bits per heavy atom. The van der Waals surface area contributed by atoms with Crippen LogP contribution in [0.1, 0.15) is 0 Å². The molecule has 0 atom stereocenters. The van der Waals surface area contributed by atoms with Crippen LogP contribution in [-0.2, 0) is 0 Å². The van der Waals surface area contributed by atoms with Gasteiger partial charge >= 0.3 is 0 Å². The number of para-hydroxylation sites is 2. The highest BCUT2D eigenvalue weighted by atomic mass is 15.1. The quantitative estimate of drug-likeness (QED) is 0.218. The van der Waals surface area contributed by atoms with Gasteiger partial charge in [-0.05, 0) is 70.6 Å². The zero-order chi connectivity index (χ0) is 27.9. The molecule has 2 aromatic heterocycles. The lowest BCUT2D eigenvalue weighted by atomic mass is 10.0. The summed E-state index contributed by atoms with van der Waals surface area (Å²) in [6.07, 6.45) is 2.24. The molecule has 0 spiro atoms. The number of hydrogen-bond donors (Lipinski definition) is 0. The molecule has 0 fully saturated rings. The Balaban J connectivity index is 1.24. The number of nitrogens with zero attached hydrogens (tertiary/aromatic N) is 3.